The fraction of sp³-hybridized carbons (Fsp3) is 0. The molecule has 0 fully saturated rings. The number of para-hydroxylation sites is 1. The number of benzene rings is 2. The maximum Gasteiger partial charge on any atom is 0.234 e. The summed E-state index contributed by atoms with van der Waals surface area (Å²) in [6.07, 6.45) is 7.28. The van der Waals surface area contributed by atoms with Gasteiger partial charge in [-0.25, -0.2) is 9.97 Å². The Morgan fingerprint density at radius 1 is 0.800 bits per heavy atom. The molecule has 0 atom stereocenters. The minimum atomic E-state index is -0.0181. The molecular formula is C21H15N3O. The molecule has 2 heterocycles. The predicted molar refractivity (Wildman–Crippen MR) is 101 cm³/mol. The Hall–Kier alpha value is -3.53. The monoisotopic (exact) mass is 325 g/mol. The average Bonchev–Trinajstić information content (AvgIpc) is 2.68. The molecule has 0 saturated carbocycles. The summed E-state index contributed by atoms with van der Waals surface area (Å²) < 4.78 is 1.90. The summed E-state index contributed by atoms with van der Waals surface area (Å²) in [5, 5.41) is 0.645. The van der Waals surface area contributed by atoms with Crippen molar-refractivity contribution in [2.45, 2.75) is 0 Å². The van der Waals surface area contributed by atoms with Crippen LogP contribution in [0.5, 0.6) is 0 Å². The first-order valence-electron chi connectivity index (χ1n) is 7.98. The van der Waals surface area contributed by atoms with Gasteiger partial charge in [-0.3, -0.25) is 9.36 Å². The number of rotatable bonds is 3. The Morgan fingerprint density at radius 3 is 2.32 bits per heavy atom. The maximum absolute atomic E-state index is 12.5. The van der Waals surface area contributed by atoms with E-state index in [1.165, 1.54) is 0 Å². The number of hydrogen-bond donors (Lipinski definition) is 0. The van der Waals surface area contributed by atoms with Crippen molar-refractivity contribution in [1.29, 1.82) is 0 Å². The first-order valence-corrected chi connectivity index (χ1v) is 7.98. The SMILES string of the molecule is O=c1cc(/C=C/c2ccccc2)n(-c2ncccn2)c2ccccc12. The molecule has 25 heavy (non-hydrogen) atoms. The van der Waals surface area contributed by atoms with Crippen LogP contribution in [0.2, 0.25) is 0 Å². The van der Waals surface area contributed by atoms with Crippen LogP contribution in [-0.2, 0) is 0 Å². The molecule has 2 aromatic carbocycles. The van der Waals surface area contributed by atoms with Crippen molar-refractivity contribution in [3.63, 3.8) is 0 Å². The Labute approximate surface area is 144 Å². The molecule has 0 aliphatic rings. The third-order valence-electron chi connectivity index (χ3n) is 3.95. The molecule has 4 nitrogen and oxygen atoms in total. The third kappa shape index (κ3) is 2.97. The van der Waals surface area contributed by atoms with Gasteiger partial charge in [-0.2, -0.15) is 0 Å². The Balaban J connectivity index is 1.97. The molecule has 0 aliphatic carbocycles. The van der Waals surface area contributed by atoms with E-state index in [1.54, 1.807) is 24.5 Å². The van der Waals surface area contributed by atoms with Crippen molar-refractivity contribution < 1.29 is 0 Å². The van der Waals surface area contributed by atoms with Crippen LogP contribution in [0.25, 0.3) is 29.0 Å². The third-order valence-corrected chi connectivity index (χ3v) is 3.95. The van der Waals surface area contributed by atoms with Crippen LogP contribution in [0.3, 0.4) is 0 Å². The smallest absolute Gasteiger partial charge is 0.234 e. The van der Waals surface area contributed by atoms with Gasteiger partial charge in [0, 0.05) is 23.8 Å². The van der Waals surface area contributed by atoms with E-state index in [0.29, 0.717) is 11.3 Å². The van der Waals surface area contributed by atoms with E-state index in [1.807, 2.05) is 71.3 Å². The molecule has 0 amide bonds. The van der Waals surface area contributed by atoms with Crippen molar-refractivity contribution in [3.05, 3.63) is 101 Å². The van der Waals surface area contributed by atoms with Gasteiger partial charge in [0.05, 0.1) is 11.2 Å². The molecule has 0 unspecified atom stereocenters. The molecule has 0 saturated heterocycles. The fourth-order valence-corrected chi connectivity index (χ4v) is 2.79. The van der Waals surface area contributed by atoms with E-state index in [9.17, 15) is 4.79 Å². The summed E-state index contributed by atoms with van der Waals surface area (Å²) in [7, 11) is 0. The quantitative estimate of drug-likeness (QED) is 0.573. The van der Waals surface area contributed by atoms with Crippen LogP contribution in [0.15, 0.2) is 83.9 Å². The van der Waals surface area contributed by atoms with Crippen LogP contribution < -0.4 is 5.43 Å². The number of aromatic nitrogens is 3. The van der Waals surface area contributed by atoms with Gasteiger partial charge in [0.25, 0.3) is 0 Å². The molecule has 0 N–H and O–H groups in total. The van der Waals surface area contributed by atoms with Gasteiger partial charge in [-0.15, -0.1) is 0 Å². The highest BCUT2D eigenvalue weighted by molar-refractivity contribution is 5.83. The Bertz CT molecular complexity index is 1100. The van der Waals surface area contributed by atoms with Gasteiger partial charge in [-0.1, -0.05) is 48.5 Å². The highest BCUT2D eigenvalue weighted by Gasteiger charge is 2.10. The molecule has 0 bridgehead atoms. The lowest BCUT2D eigenvalue weighted by Crippen LogP contribution is -2.12. The zero-order valence-corrected chi connectivity index (χ0v) is 13.4. The van der Waals surface area contributed by atoms with Gasteiger partial charge in [-0.05, 0) is 29.8 Å². The highest BCUT2D eigenvalue weighted by atomic mass is 16.1. The van der Waals surface area contributed by atoms with Crippen LogP contribution in [0.1, 0.15) is 11.3 Å². The zero-order chi connectivity index (χ0) is 17.1. The van der Waals surface area contributed by atoms with Crippen LogP contribution >= 0.6 is 0 Å². The minimum Gasteiger partial charge on any atom is -0.289 e. The van der Waals surface area contributed by atoms with Gasteiger partial charge in [0.1, 0.15) is 0 Å². The van der Waals surface area contributed by atoms with Crippen molar-refractivity contribution in [3.8, 4) is 5.95 Å². The molecule has 0 radical (unpaired) electrons. The van der Waals surface area contributed by atoms with E-state index in [-0.39, 0.29) is 5.43 Å². The lowest BCUT2D eigenvalue weighted by Gasteiger charge is -2.13. The van der Waals surface area contributed by atoms with E-state index < -0.39 is 0 Å². The second kappa shape index (κ2) is 6.53. The topological polar surface area (TPSA) is 47.8 Å². The van der Waals surface area contributed by atoms with Crippen LogP contribution in [0.4, 0.5) is 0 Å². The molecule has 2 aromatic heterocycles. The molecule has 4 aromatic rings. The summed E-state index contributed by atoms with van der Waals surface area (Å²) in [6, 6.07) is 20.9. The predicted octanol–water partition coefficient (Wildman–Crippen LogP) is 3.95. The van der Waals surface area contributed by atoms with Crippen LogP contribution in [-0.4, -0.2) is 14.5 Å². The minimum absolute atomic E-state index is 0.0181. The average molecular weight is 325 g/mol. The molecule has 0 aliphatic heterocycles. The summed E-state index contributed by atoms with van der Waals surface area (Å²) in [6.45, 7) is 0. The number of fused-ring (bicyclic) bond motifs is 1. The van der Waals surface area contributed by atoms with Gasteiger partial charge in [0.15, 0.2) is 5.43 Å². The second-order valence-electron chi connectivity index (χ2n) is 5.58. The Kier molecular flexibility index (Phi) is 3.92. The lowest BCUT2D eigenvalue weighted by atomic mass is 10.1. The van der Waals surface area contributed by atoms with Crippen molar-refractivity contribution in [2.24, 2.45) is 0 Å². The summed E-state index contributed by atoms with van der Waals surface area (Å²) in [5.74, 6) is 0.534. The highest BCUT2D eigenvalue weighted by Crippen LogP contribution is 2.18. The first-order chi connectivity index (χ1) is 12.3. The normalized spacial score (nSPS) is 11.2. The van der Waals surface area contributed by atoms with Crippen molar-refractivity contribution in [1.82, 2.24) is 14.5 Å². The summed E-state index contributed by atoms with van der Waals surface area (Å²) in [5.41, 5.74) is 2.56. The molecule has 4 heteroatoms. The van der Waals surface area contributed by atoms with Crippen LogP contribution in [0, 0.1) is 0 Å². The molecule has 0 spiro atoms. The number of hydrogen-bond acceptors (Lipinski definition) is 3. The molecular weight excluding hydrogens is 310 g/mol. The maximum atomic E-state index is 12.5. The summed E-state index contributed by atoms with van der Waals surface area (Å²) in [4.78, 5) is 21.2. The first kappa shape index (κ1) is 15.0. The zero-order valence-electron chi connectivity index (χ0n) is 13.4. The van der Waals surface area contributed by atoms with E-state index in [4.69, 9.17) is 0 Å². The van der Waals surface area contributed by atoms with Crippen molar-refractivity contribution in [2.75, 3.05) is 0 Å². The summed E-state index contributed by atoms with van der Waals surface area (Å²) >= 11 is 0. The Morgan fingerprint density at radius 2 is 1.52 bits per heavy atom. The molecule has 120 valence electrons. The van der Waals surface area contributed by atoms with Gasteiger partial charge in [0.2, 0.25) is 5.95 Å². The largest absolute Gasteiger partial charge is 0.289 e. The molecule has 4 rings (SSSR count). The van der Waals surface area contributed by atoms with Gasteiger partial charge < -0.3 is 0 Å². The second-order valence-corrected chi connectivity index (χ2v) is 5.58. The number of nitrogens with zero attached hydrogens (tertiary/aromatic N) is 3. The van der Waals surface area contributed by atoms with E-state index >= 15 is 0 Å². The fourth-order valence-electron chi connectivity index (χ4n) is 2.79. The standard InChI is InChI=1S/C21H15N3O/c25-20-15-17(12-11-16-7-2-1-3-8-16)24(21-22-13-6-14-23-21)19-10-5-4-9-18(19)20/h1-15H/b12-11+. The lowest BCUT2D eigenvalue weighted by molar-refractivity contribution is 0.941. The number of pyridine rings is 1. The van der Waals surface area contributed by atoms with Gasteiger partial charge >= 0.3 is 0 Å². The van der Waals surface area contributed by atoms with E-state index in [0.717, 1.165) is 16.8 Å². The van der Waals surface area contributed by atoms with Crippen molar-refractivity contribution >= 4 is 23.1 Å². The van der Waals surface area contributed by atoms with E-state index in [2.05, 4.69) is 9.97 Å².